The van der Waals surface area contributed by atoms with Gasteiger partial charge >= 0.3 is 6.18 Å². The number of anilines is 4. The molecule has 0 aliphatic carbocycles. The van der Waals surface area contributed by atoms with Crippen LogP contribution in [-0.2, 0) is 22.6 Å². The number of aromatic nitrogens is 2. The molecule has 0 atom stereocenters. The van der Waals surface area contributed by atoms with Crippen molar-refractivity contribution < 1.29 is 21.6 Å². The molecule has 0 fully saturated rings. The van der Waals surface area contributed by atoms with Gasteiger partial charge < -0.3 is 10.2 Å². The highest BCUT2D eigenvalue weighted by Crippen LogP contribution is 2.34. The summed E-state index contributed by atoms with van der Waals surface area (Å²) in [6.45, 7) is 6.30. The minimum atomic E-state index is -4.41. The molecule has 0 bridgehead atoms. The van der Waals surface area contributed by atoms with Crippen molar-refractivity contribution in [2.45, 2.75) is 39.3 Å². The van der Waals surface area contributed by atoms with Crippen molar-refractivity contribution in [3.8, 4) is 0 Å². The summed E-state index contributed by atoms with van der Waals surface area (Å²) in [5, 5.41) is 3.16. The molecule has 2 N–H and O–H groups in total. The Labute approximate surface area is 214 Å². The van der Waals surface area contributed by atoms with Crippen LogP contribution in [0.1, 0.15) is 48.0 Å². The van der Waals surface area contributed by atoms with E-state index in [1.807, 2.05) is 56.1 Å². The summed E-state index contributed by atoms with van der Waals surface area (Å²) in [6.07, 6.45) is 0.913. The number of aryl methyl sites for hydroxylation is 1. The van der Waals surface area contributed by atoms with Gasteiger partial charge in [0.05, 0.1) is 28.9 Å². The maximum atomic E-state index is 13.0. The molecule has 0 saturated carbocycles. The van der Waals surface area contributed by atoms with Crippen LogP contribution in [0.15, 0.2) is 48.7 Å². The molecule has 1 aliphatic heterocycles. The van der Waals surface area contributed by atoms with Gasteiger partial charge in [0, 0.05) is 36.3 Å². The number of alkyl halides is 3. The number of nitrogens with zero attached hydrogens (tertiary/aromatic N) is 3. The fourth-order valence-corrected chi connectivity index (χ4v) is 4.65. The zero-order valence-electron chi connectivity index (χ0n) is 20.9. The van der Waals surface area contributed by atoms with Crippen LogP contribution in [-0.4, -0.2) is 31.2 Å². The molecule has 0 radical (unpaired) electrons. The normalized spacial score (nSPS) is 13.9. The fraction of sp³-hybridized carbons (Fsp3) is 0.308. The summed E-state index contributed by atoms with van der Waals surface area (Å²) in [4.78, 5) is 11.4. The monoisotopic (exact) mass is 531 g/mol. The number of hydrogen-bond donors (Lipinski definition) is 2. The molecule has 1 aromatic heterocycles. The molecule has 0 saturated heterocycles. The molecule has 2 aromatic carbocycles. The van der Waals surface area contributed by atoms with Crippen molar-refractivity contribution in [1.82, 2.24) is 9.97 Å². The quantitative estimate of drug-likeness (QED) is 0.401. The van der Waals surface area contributed by atoms with E-state index in [0.717, 1.165) is 35.2 Å². The van der Waals surface area contributed by atoms with Crippen molar-refractivity contribution in [2.75, 3.05) is 27.7 Å². The second kappa shape index (κ2) is 10.0. The Kier molecular flexibility index (Phi) is 7.18. The van der Waals surface area contributed by atoms with Crippen LogP contribution in [0.5, 0.6) is 0 Å². The van der Waals surface area contributed by atoms with E-state index in [9.17, 15) is 21.6 Å². The topological polar surface area (TPSA) is 87.2 Å². The number of hydrogen-bond acceptors (Lipinski definition) is 6. The molecule has 37 heavy (non-hydrogen) atoms. The molecule has 11 heteroatoms. The lowest BCUT2D eigenvalue weighted by molar-refractivity contribution is -0.137. The Bertz CT molecular complexity index is 1440. The summed E-state index contributed by atoms with van der Waals surface area (Å²) in [6, 6.07) is 10.3. The van der Waals surface area contributed by atoms with Crippen LogP contribution in [0.2, 0.25) is 0 Å². The first-order chi connectivity index (χ1) is 17.3. The van der Waals surface area contributed by atoms with Crippen LogP contribution < -0.4 is 14.9 Å². The van der Waals surface area contributed by atoms with Gasteiger partial charge in [-0.1, -0.05) is 26.0 Å². The lowest BCUT2D eigenvalue weighted by Crippen LogP contribution is -2.21. The van der Waals surface area contributed by atoms with E-state index in [1.165, 1.54) is 12.1 Å². The number of sulfonamides is 1. The van der Waals surface area contributed by atoms with Crippen LogP contribution in [0.4, 0.5) is 36.1 Å². The third-order valence-corrected chi connectivity index (χ3v) is 6.47. The van der Waals surface area contributed by atoms with Crippen molar-refractivity contribution in [1.29, 1.82) is 0 Å². The largest absolute Gasteiger partial charge is 0.416 e. The first-order valence-corrected chi connectivity index (χ1v) is 13.6. The predicted molar refractivity (Wildman–Crippen MR) is 141 cm³/mol. The van der Waals surface area contributed by atoms with E-state index in [-0.39, 0.29) is 5.92 Å². The van der Waals surface area contributed by atoms with Crippen LogP contribution in [0, 0.1) is 6.92 Å². The standard InChI is InChI=1S/C26H28F3N5O2S/c1-16(2)24-31-21-13-15-34(22-7-5-6-17(3)23(22)33-37(4,35)36)14-12-20(21)25(32-24)30-19-10-8-18(9-11-19)26(27,28)29/h5-12,14,16,33H,13,15H2,1-4H3,(H,30,31,32). The highest BCUT2D eigenvalue weighted by atomic mass is 32.2. The number of rotatable bonds is 6. The van der Waals surface area contributed by atoms with E-state index < -0.39 is 21.8 Å². The van der Waals surface area contributed by atoms with Gasteiger partial charge in [0.1, 0.15) is 11.6 Å². The molecule has 4 rings (SSSR count). The van der Waals surface area contributed by atoms with Crippen LogP contribution >= 0.6 is 0 Å². The van der Waals surface area contributed by atoms with Crippen molar-refractivity contribution >= 4 is 39.0 Å². The molecule has 1 aliphatic rings. The molecular formula is C26H28F3N5O2S. The maximum absolute atomic E-state index is 13.0. The number of halogens is 3. The van der Waals surface area contributed by atoms with Crippen molar-refractivity contribution in [2.24, 2.45) is 0 Å². The first kappa shape index (κ1) is 26.5. The molecule has 0 unspecified atom stereocenters. The Morgan fingerprint density at radius 3 is 2.38 bits per heavy atom. The smallest absolute Gasteiger partial charge is 0.346 e. The van der Waals surface area contributed by atoms with E-state index in [2.05, 4.69) is 15.0 Å². The predicted octanol–water partition coefficient (Wildman–Crippen LogP) is 6.08. The lowest BCUT2D eigenvalue weighted by atomic mass is 10.1. The average molecular weight is 532 g/mol. The highest BCUT2D eigenvalue weighted by Gasteiger charge is 2.30. The van der Waals surface area contributed by atoms with Gasteiger partial charge in [-0.2, -0.15) is 13.2 Å². The van der Waals surface area contributed by atoms with Gasteiger partial charge in [0.15, 0.2) is 0 Å². The maximum Gasteiger partial charge on any atom is 0.416 e. The fourth-order valence-electron chi connectivity index (χ4n) is 4.01. The van der Waals surface area contributed by atoms with E-state index in [0.29, 0.717) is 41.7 Å². The van der Waals surface area contributed by atoms with E-state index in [4.69, 9.17) is 4.98 Å². The van der Waals surface area contributed by atoms with Crippen LogP contribution in [0.25, 0.3) is 6.08 Å². The third-order valence-electron chi connectivity index (χ3n) is 5.89. The third kappa shape index (κ3) is 6.22. The molecule has 0 spiro atoms. The second-order valence-corrected chi connectivity index (χ2v) is 11.0. The van der Waals surface area contributed by atoms with E-state index >= 15 is 0 Å². The second-order valence-electron chi connectivity index (χ2n) is 9.25. The van der Waals surface area contributed by atoms with Gasteiger partial charge in [-0.25, -0.2) is 18.4 Å². The summed E-state index contributed by atoms with van der Waals surface area (Å²) in [5.41, 5.74) is 3.23. The van der Waals surface area contributed by atoms with Gasteiger partial charge in [0.2, 0.25) is 10.0 Å². The number of benzene rings is 2. The summed E-state index contributed by atoms with van der Waals surface area (Å²) in [5.74, 6) is 1.14. The summed E-state index contributed by atoms with van der Waals surface area (Å²) in [7, 11) is -3.50. The molecule has 7 nitrogen and oxygen atoms in total. The molecule has 3 aromatic rings. The Morgan fingerprint density at radius 1 is 1.05 bits per heavy atom. The zero-order valence-corrected chi connectivity index (χ0v) is 21.7. The van der Waals surface area contributed by atoms with E-state index in [1.54, 1.807) is 0 Å². The summed E-state index contributed by atoms with van der Waals surface area (Å²) >= 11 is 0. The Morgan fingerprint density at radius 2 is 1.76 bits per heavy atom. The molecule has 2 heterocycles. The number of nitrogens with one attached hydrogen (secondary N) is 2. The zero-order chi connectivity index (χ0) is 27.0. The molecule has 196 valence electrons. The van der Waals surface area contributed by atoms with Crippen molar-refractivity contribution in [3.63, 3.8) is 0 Å². The SMILES string of the molecule is Cc1cccc(N2C=Cc3c(nc(C(C)C)nc3Nc3ccc(C(F)(F)F)cc3)CC2)c1NS(C)(=O)=O. The van der Waals surface area contributed by atoms with Crippen LogP contribution in [0.3, 0.4) is 0 Å². The number of fused-ring (bicyclic) bond motifs is 1. The van der Waals surface area contributed by atoms with Gasteiger partial charge in [-0.05, 0) is 48.9 Å². The lowest BCUT2D eigenvalue weighted by Gasteiger charge is -2.23. The van der Waals surface area contributed by atoms with Crippen molar-refractivity contribution in [3.05, 3.63) is 76.9 Å². The van der Waals surface area contributed by atoms with Gasteiger partial charge in [0.25, 0.3) is 0 Å². The number of para-hydroxylation sites is 1. The van der Waals surface area contributed by atoms with Gasteiger partial charge in [-0.3, -0.25) is 4.72 Å². The Balaban J connectivity index is 1.72. The first-order valence-electron chi connectivity index (χ1n) is 11.7. The minimum absolute atomic E-state index is 0.0316. The molecule has 0 amide bonds. The Hall–Kier alpha value is -3.60. The highest BCUT2D eigenvalue weighted by molar-refractivity contribution is 7.92. The molecular weight excluding hydrogens is 503 g/mol. The minimum Gasteiger partial charge on any atom is -0.346 e. The summed E-state index contributed by atoms with van der Waals surface area (Å²) < 4.78 is 65.6. The van der Waals surface area contributed by atoms with Gasteiger partial charge in [-0.15, -0.1) is 0 Å². The average Bonchev–Trinajstić information content (AvgIpc) is 3.02.